The number of nitrogens with zero attached hydrogens (tertiary/aromatic N) is 1. The monoisotopic (exact) mass is 249 g/mol. The Hall–Kier alpha value is -2.29. The van der Waals surface area contributed by atoms with Crippen LogP contribution >= 0.6 is 0 Å². The van der Waals surface area contributed by atoms with Gasteiger partial charge in [-0.05, 0) is 20.8 Å². The molecule has 0 aliphatic rings. The van der Waals surface area contributed by atoms with Crippen molar-refractivity contribution in [3.63, 3.8) is 0 Å². The van der Waals surface area contributed by atoms with Crippen molar-refractivity contribution in [2.75, 3.05) is 6.54 Å². The number of ether oxygens (including phenoxy) is 1. The molecule has 6 heteroatoms. The van der Waals surface area contributed by atoms with Crippen molar-refractivity contribution in [1.82, 2.24) is 15.3 Å². The SMILES string of the molecule is CC(C)(C)OC(=O)NCC#Cc1cnc[nH]c1=O. The van der Waals surface area contributed by atoms with Crippen LogP contribution in [0.3, 0.4) is 0 Å². The topological polar surface area (TPSA) is 84.1 Å². The van der Waals surface area contributed by atoms with Crippen molar-refractivity contribution in [2.45, 2.75) is 26.4 Å². The van der Waals surface area contributed by atoms with Gasteiger partial charge >= 0.3 is 6.09 Å². The predicted octanol–water partition coefficient (Wildman–Crippen LogP) is 0.646. The summed E-state index contributed by atoms with van der Waals surface area (Å²) < 4.78 is 5.02. The highest BCUT2D eigenvalue weighted by molar-refractivity contribution is 5.68. The number of rotatable bonds is 1. The Morgan fingerprint density at radius 2 is 2.28 bits per heavy atom. The van der Waals surface area contributed by atoms with E-state index in [4.69, 9.17) is 4.74 Å². The van der Waals surface area contributed by atoms with Gasteiger partial charge in [-0.25, -0.2) is 9.78 Å². The molecule has 0 unspecified atom stereocenters. The second-order valence-corrected chi connectivity index (χ2v) is 4.45. The fourth-order valence-electron chi connectivity index (χ4n) is 1.00. The summed E-state index contributed by atoms with van der Waals surface area (Å²) >= 11 is 0. The van der Waals surface area contributed by atoms with Crippen molar-refractivity contribution < 1.29 is 9.53 Å². The van der Waals surface area contributed by atoms with E-state index in [1.165, 1.54) is 12.5 Å². The third-order valence-corrected chi connectivity index (χ3v) is 1.66. The van der Waals surface area contributed by atoms with E-state index in [1.54, 1.807) is 20.8 Å². The summed E-state index contributed by atoms with van der Waals surface area (Å²) in [6.45, 7) is 5.41. The first-order valence-corrected chi connectivity index (χ1v) is 5.37. The summed E-state index contributed by atoms with van der Waals surface area (Å²) in [5, 5.41) is 2.46. The standard InChI is InChI=1S/C12H15N3O3/c1-12(2,3)18-11(17)14-6-4-5-9-7-13-8-15-10(9)16/h7-8H,6H2,1-3H3,(H,14,17)(H,13,15,16). The zero-order chi connectivity index (χ0) is 13.6. The quantitative estimate of drug-likeness (QED) is 0.715. The van der Waals surface area contributed by atoms with Gasteiger partial charge in [0.1, 0.15) is 11.2 Å². The maximum Gasteiger partial charge on any atom is 0.408 e. The lowest BCUT2D eigenvalue weighted by Gasteiger charge is -2.18. The van der Waals surface area contributed by atoms with Crippen LogP contribution in [0.15, 0.2) is 17.3 Å². The molecule has 0 aliphatic carbocycles. The molecule has 18 heavy (non-hydrogen) atoms. The van der Waals surface area contributed by atoms with Gasteiger partial charge in [0.2, 0.25) is 0 Å². The Morgan fingerprint density at radius 1 is 1.56 bits per heavy atom. The van der Waals surface area contributed by atoms with Crippen LogP contribution in [0.1, 0.15) is 26.3 Å². The first-order valence-electron chi connectivity index (χ1n) is 5.37. The molecule has 0 saturated carbocycles. The Morgan fingerprint density at radius 3 is 2.89 bits per heavy atom. The van der Waals surface area contributed by atoms with Gasteiger partial charge in [-0.15, -0.1) is 0 Å². The van der Waals surface area contributed by atoms with Crippen LogP contribution in [0.4, 0.5) is 4.79 Å². The lowest BCUT2D eigenvalue weighted by molar-refractivity contribution is 0.0535. The van der Waals surface area contributed by atoms with E-state index in [1.807, 2.05) is 0 Å². The average molecular weight is 249 g/mol. The van der Waals surface area contributed by atoms with Crippen molar-refractivity contribution >= 4 is 6.09 Å². The molecule has 1 amide bonds. The molecule has 0 radical (unpaired) electrons. The third kappa shape index (κ3) is 5.16. The average Bonchev–Trinajstić information content (AvgIpc) is 2.24. The van der Waals surface area contributed by atoms with E-state index in [-0.39, 0.29) is 17.7 Å². The van der Waals surface area contributed by atoms with Crippen LogP contribution in [-0.4, -0.2) is 28.2 Å². The van der Waals surface area contributed by atoms with Gasteiger partial charge in [0.05, 0.1) is 12.9 Å². The smallest absolute Gasteiger partial charge is 0.408 e. The number of carbonyl (C=O) groups is 1. The molecule has 0 spiro atoms. The number of aromatic nitrogens is 2. The molecular formula is C12H15N3O3. The van der Waals surface area contributed by atoms with Gasteiger partial charge in [-0.3, -0.25) is 4.79 Å². The Labute approximate surface area is 105 Å². The van der Waals surface area contributed by atoms with Crippen molar-refractivity contribution in [3.8, 4) is 11.8 Å². The van der Waals surface area contributed by atoms with Gasteiger partial charge in [-0.1, -0.05) is 11.8 Å². The molecular weight excluding hydrogens is 234 g/mol. The minimum absolute atomic E-state index is 0.100. The number of hydrogen-bond acceptors (Lipinski definition) is 4. The van der Waals surface area contributed by atoms with Crippen molar-refractivity contribution in [3.05, 3.63) is 28.4 Å². The third-order valence-electron chi connectivity index (χ3n) is 1.66. The van der Waals surface area contributed by atoms with Crippen LogP contribution in [0, 0.1) is 11.8 Å². The van der Waals surface area contributed by atoms with Crippen molar-refractivity contribution in [1.29, 1.82) is 0 Å². The van der Waals surface area contributed by atoms with E-state index < -0.39 is 11.7 Å². The van der Waals surface area contributed by atoms with Gasteiger partial charge in [-0.2, -0.15) is 0 Å². The van der Waals surface area contributed by atoms with E-state index in [0.717, 1.165) is 0 Å². The van der Waals surface area contributed by atoms with Crippen LogP contribution in [0.2, 0.25) is 0 Å². The zero-order valence-electron chi connectivity index (χ0n) is 10.5. The molecule has 1 rings (SSSR count). The molecule has 0 atom stereocenters. The number of amides is 1. The zero-order valence-corrected chi connectivity index (χ0v) is 10.5. The highest BCUT2D eigenvalue weighted by Crippen LogP contribution is 2.05. The highest BCUT2D eigenvalue weighted by atomic mass is 16.6. The molecule has 0 aromatic carbocycles. The maximum atomic E-state index is 11.3. The van der Waals surface area contributed by atoms with Crippen LogP contribution < -0.4 is 10.9 Å². The molecule has 96 valence electrons. The Balaban J connectivity index is 2.47. The number of nitrogens with one attached hydrogen (secondary N) is 2. The normalized spacial score (nSPS) is 10.2. The molecule has 2 N–H and O–H groups in total. The second-order valence-electron chi connectivity index (χ2n) is 4.45. The maximum absolute atomic E-state index is 11.3. The molecule has 1 aromatic rings. The second kappa shape index (κ2) is 5.87. The van der Waals surface area contributed by atoms with Crippen LogP contribution in [-0.2, 0) is 4.74 Å². The van der Waals surface area contributed by atoms with E-state index in [0.29, 0.717) is 0 Å². The molecule has 1 heterocycles. The number of hydrogen-bond donors (Lipinski definition) is 2. The molecule has 0 saturated heterocycles. The first kappa shape index (κ1) is 13.8. The molecule has 6 nitrogen and oxygen atoms in total. The Kier molecular flexibility index (Phi) is 4.49. The minimum atomic E-state index is -0.545. The summed E-state index contributed by atoms with van der Waals surface area (Å²) in [6.07, 6.45) is 2.10. The van der Waals surface area contributed by atoms with Gasteiger partial charge in [0.25, 0.3) is 5.56 Å². The van der Waals surface area contributed by atoms with Crippen molar-refractivity contribution in [2.24, 2.45) is 0 Å². The number of aromatic amines is 1. The fourth-order valence-corrected chi connectivity index (χ4v) is 1.00. The first-order chi connectivity index (χ1) is 8.38. The van der Waals surface area contributed by atoms with E-state index in [9.17, 15) is 9.59 Å². The lowest BCUT2D eigenvalue weighted by Crippen LogP contribution is -2.32. The molecule has 0 bridgehead atoms. The highest BCUT2D eigenvalue weighted by Gasteiger charge is 2.14. The minimum Gasteiger partial charge on any atom is -0.444 e. The Bertz CT molecular complexity index is 532. The molecule has 0 fully saturated rings. The summed E-state index contributed by atoms with van der Waals surface area (Å²) in [5.41, 5.74) is -0.601. The number of carbonyl (C=O) groups excluding carboxylic acids is 1. The molecule has 1 aromatic heterocycles. The largest absolute Gasteiger partial charge is 0.444 e. The van der Waals surface area contributed by atoms with Crippen LogP contribution in [0.5, 0.6) is 0 Å². The van der Waals surface area contributed by atoms with Gasteiger partial charge < -0.3 is 15.0 Å². The van der Waals surface area contributed by atoms with Gasteiger partial charge in [0.15, 0.2) is 0 Å². The fraction of sp³-hybridized carbons (Fsp3) is 0.417. The number of H-pyrrole nitrogens is 1. The lowest BCUT2D eigenvalue weighted by atomic mass is 10.2. The predicted molar refractivity (Wildman–Crippen MR) is 66.0 cm³/mol. The van der Waals surface area contributed by atoms with E-state index in [2.05, 4.69) is 27.1 Å². The molecule has 0 aliphatic heterocycles. The summed E-state index contributed by atoms with van der Waals surface area (Å²) in [4.78, 5) is 28.6. The summed E-state index contributed by atoms with van der Waals surface area (Å²) in [5.74, 6) is 5.24. The van der Waals surface area contributed by atoms with Crippen LogP contribution in [0.25, 0.3) is 0 Å². The summed E-state index contributed by atoms with van der Waals surface area (Å²) in [7, 11) is 0. The van der Waals surface area contributed by atoms with Gasteiger partial charge in [0, 0.05) is 6.20 Å². The summed E-state index contributed by atoms with van der Waals surface area (Å²) in [6, 6.07) is 0. The van der Waals surface area contributed by atoms with E-state index >= 15 is 0 Å². The number of alkyl carbamates (subject to hydrolysis) is 1.